The summed E-state index contributed by atoms with van der Waals surface area (Å²) < 4.78 is 5.69. The molecule has 1 atom stereocenters. The highest BCUT2D eigenvalue weighted by Crippen LogP contribution is 2.22. The van der Waals surface area contributed by atoms with E-state index in [4.69, 9.17) is 4.42 Å². The Bertz CT molecular complexity index is 468. The predicted molar refractivity (Wildman–Crippen MR) is 80.7 cm³/mol. The minimum absolute atomic E-state index is 0.276. The molecule has 2 heterocycles. The molecule has 0 radical (unpaired) electrons. The van der Waals surface area contributed by atoms with Crippen LogP contribution in [-0.2, 0) is 17.6 Å². The van der Waals surface area contributed by atoms with Gasteiger partial charge in [-0.1, -0.05) is 27.7 Å². The number of aromatic nitrogens is 2. The Hall–Kier alpha value is -1.39. The third-order valence-electron chi connectivity index (χ3n) is 3.78. The van der Waals surface area contributed by atoms with Crippen LogP contribution >= 0.6 is 0 Å². The number of hydrogen-bond acceptors (Lipinski definition) is 4. The zero-order chi connectivity index (χ0) is 15.4. The maximum absolute atomic E-state index is 12.1. The van der Waals surface area contributed by atoms with Crippen molar-refractivity contribution in [2.45, 2.75) is 53.4 Å². The summed E-state index contributed by atoms with van der Waals surface area (Å²) >= 11 is 0. The maximum atomic E-state index is 12.1. The third-order valence-corrected chi connectivity index (χ3v) is 3.78. The van der Waals surface area contributed by atoms with Gasteiger partial charge in [-0.05, 0) is 24.2 Å². The van der Waals surface area contributed by atoms with Crippen LogP contribution in [0.15, 0.2) is 4.42 Å². The van der Waals surface area contributed by atoms with E-state index in [9.17, 15) is 4.79 Å². The van der Waals surface area contributed by atoms with E-state index in [1.54, 1.807) is 0 Å². The minimum Gasteiger partial charge on any atom is -0.425 e. The largest absolute Gasteiger partial charge is 0.425 e. The van der Waals surface area contributed by atoms with E-state index < -0.39 is 0 Å². The van der Waals surface area contributed by atoms with E-state index in [0.29, 0.717) is 30.1 Å². The van der Waals surface area contributed by atoms with Crippen molar-refractivity contribution in [3.63, 3.8) is 0 Å². The summed E-state index contributed by atoms with van der Waals surface area (Å²) in [7, 11) is 0. The Morgan fingerprint density at radius 3 is 2.62 bits per heavy atom. The van der Waals surface area contributed by atoms with Gasteiger partial charge in [0.2, 0.25) is 17.7 Å². The third kappa shape index (κ3) is 4.83. The highest BCUT2D eigenvalue weighted by Gasteiger charge is 2.27. The van der Waals surface area contributed by atoms with Crippen molar-refractivity contribution in [3.05, 3.63) is 11.8 Å². The Labute approximate surface area is 127 Å². The molecule has 1 unspecified atom stereocenters. The first-order valence-electron chi connectivity index (χ1n) is 8.03. The van der Waals surface area contributed by atoms with Crippen LogP contribution in [0.3, 0.4) is 0 Å². The number of carbonyl (C=O) groups excluding carboxylic acids is 1. The van der Waals surface area contributed by atoms with Gasteiger partial charge < -0.3 is 9.32 Å². The molecule has 1 amide bonds. The van der Waals surface area contributed by atoms with Gasteiger partial charge in [-0.2, -0.15) is 0 Å². The van der Waals surface area contributed by atoms with Gasteiger partial charge in [0.15, 0.2) is 0 Å². The Morgan fingerprint density at radius 1 is 1.24 bits per heavy atom. The first kappa shape index (κ1) is 16.0. The fraction of sp³-hybridized carbons (Fsp3) is 0.812. The summed E-state index contributed by atoms with van der Waals surface area (Å²) in [5, 5.41) is 8.23. The van der Waals surface area contributed by atoms with E-state index in [1.807, 2.05) is 4.90 Å². The number of nitrogens with zero attached hydrogens (tertiary/aromatic N) is 3. The Balaban J connectivity index is 1.82. The van der Waals surface area contributed by atoms with Crippen LogP contribution in [0.1, 0.15) is 52.3 Å². The molecule has 0 aromatic carbocycles. The summed E-state index contributed by atoms with van der Waals surface area (Å²) in [6.07, 6.45) is 3.30. The molecule has 0 aliphatic carbocycles. The predicted octanol–water partition coefficient (Wildman–Crippen LogP) is 2.71. The molecule has 1 saturated heterocycles. The van der Waals surface area contributed by atoms with E-state index in [0.717, 1.165) is 38.2 Å². The fourth-order valence-electron chi connectivity index (χ4n) is 2.75. The van der Waals surface area contributed by atoms with Crippen molar-refractivity contribution in [1.82, 2.24) is 15.1 Å². The molecule has 1 fully saturated rings. The van der Waals surface area contributed by atoms with Gasteiger partial charge in [-0.15, -0.1) is 10.2 Å². The first-order valence-corrected chi connectivity index (χ1v) is 8.03. The standard InChI is InChI=1S/C16H27N3O2/c1-11(2)7-14-17-18-15(21-14)9-13-5-6-19(10-13)16(20)8-12(3)4/h11-13H,5-10H2,1-4H3. The fourth-order valence-corrected chi connectivity index (χ4v) is 2.75. The van der Waals surface area contributed by atoms with Crippen LogP contribution in [0, 0.1) is 17.8 Å². The molecular weight excluding hydrogens is 266 g/mol. The smallest absolute Gasteiger partial charge is 0.222 e. The van der Waals surface area contributed by atoms with Gasteiger partial charge in [-0.25, -0.2) is 0 Å². The summed E-state index contributed by atoms with van der Waals surface area (Å²) in [6, 6.07) is 0. The number of amides is 1. The van der Waals surface area contributed by atoms with E-state index >= 15 is 0 Å². The van der Waals surface area contributed by atoms with Crippen LogP contribution in [-0.4, -0.2) is 34.1 Å². The van der Waals surface area contributed by atoms with Crippen LogP contribution in [0.4, 0.5) is 0 Å². The zero-order valence-corrected chi connectivity index (χ0v) is 13.6. The summed E-state index contributed by atoms with van der Waals surface area (Å²) in [6.45, 7) is 10.1. The molecule has 5 nitrogen and oxygen atoms in total. The molecule has 5 heteroatoms. The van der Waals surface area contributed by atoms with Gasteiger partial charge in [0, 0.05) is 32.4 Å². The Kier molecular flexibility index (Phi) is 5.37. The molecule has 1 aromatic heterocycles. The summed E-state index contributed by atoms with van der Waals surface area (Å²) in [5.74, 6) is 3.12. The molecular formula is C16H27N3O2. The van der Waals surface area contributed by atoms with E-state index in [1.165, 1.54) is 0 Å². The molecule has 0 N–H and O–H groups in total. The quantitative estimate of drug-likeness (QED) is 0.809. The normalized spacial score (nSPS) is 19.0. The van der Waals surface area contributed by atoms with Gasteiger partial charge in [0.25, 0.3) is 0 Å². The number of likely N-dealkylation sites (tertiary alicyclic amines) is 1. The lowest BCUT2D eigenvalue weighted by Crippen LogP contribution is -2.29. The molecule has 118 valence electrons. The topological polar surface area (TPSA) is 59.2 Å². The molecule has 0 spiro atoms. The lowest BCUT2D eigenvalue weighted by Gasteiger charge is -2.17. The SMILES string of the molecule is CC(C)CC(=O)N1CCC(Cc2nnc(CC(C)C)o2)C1. The van der Waals surface area contributed by atoms with Gasteiger partial charge in [-0.3, -0.25) is 4.79 Å². The van der Waals surface area contributed by atoms with E-state index in [-0.39, 0.29) is 5.91 Å². The lowest BCUT2D eigenvalue weighted by molar-refractivity contribution is -0.131. The second-order valence-electron chi connectivity index (χ2n) is 6.98. The molecule has 1 aliphatic rings. The highest BCUT2D eigenvalue weighted by atomic mass is 16.4. The average molecular weight is 293 g/mol. The number of hydrogen-bond donors (Lipinski definition) is 0. The minimum atomic E-state index is 0.276. The van der Waals surface area contributed by atoms with Gasteiger partial charge in [0.05, 0.1) is 0 Å². The van der Waals surface area contributed by atoms with Crippen molar-refractivity contribution in [3.8, 4) is 0 Å². The number of carbonyl (C=O) groups is 1. The Morgan fingerprint density at radius 2 is 1.95 bits per heavy atom. The van der Waals surface area contributed by atoms with Gasteiger partial charge in [0.1, 0.15) is 0 Å². The van der Waals surface area contributed by atoms with Crippen LogP contribution < -0.4 is 0 Å². The van der Waals surface area contributed by atoms with Crippen LogP contribution in [0.25, 0.3) is 0 Å². The average Bonchev–Trinajstić information content (AvgIpc) is 2.98. The molecule has 21 heavy (non-hydrogen) atoms. The first-order chi connectivity index (χ1) is 9.94. The van der Waals surface area contributed by atoms with Crippen molar-refractivity contribution in [2.24, 2.45) is 17.8 Å². The summed E-state index contributed by atoms with van der Waals surface area (Å²) in [5.41, 5.74) is 0. The second-order valence-corrected chi connectivity index (χ2v) is 6.98. The van der Waals surface area contributed by atoms with Crippen LogP contribution in [0.5, 0.6) is 0 Å². The van der Waals surface area contributed by atoms with Crippen molar-refractivity contribution in [2.75, 3.05) is 13.1 Å². The van der Waals surface area contributed by atoms with Crippen LogP contribution in [0.2, 0.25) is 0 Å². The summed E-state index contributed by atoms with van der Waals surface area (Å²) in [4.78, 5) is 14.0. The van der Waals surface area contributed by atoms with Crippen molar-refractivity contribution >= 4 is 5.91 Å². The zero-order valence-electron chi connectivity index (χ0n) is 13.6. The van der Waals surface area contributed by atoms with Gasteiger partial charge >= 0.3 is 0 Å². The molecule has 0 bridgehead atoms. The molecule has 0 saturated carbocycles. The van der Waals surface area contributed by atoms with E-state index in [2.05, 4.69) is 37.9 Å². The molecule has 1 aromatic rings. The maximum Gasteiger partial charge on any atom is 0.222 e. The monoisotopic (exact) mass is 293 g/mol. The highest BCUT2D eigenvalue weighted by molar-refractivity contribution is 5.76. The van der Waals surface area contributed by atoms with Crippen molar-refractivity contribution < 1.29 is 9.21 Å². The van der Waals surface area contributed by atoms with Crippen molar-refractivity contribution in [1.29, 1.82) is 0 Å². The molecule has 1 aliphatic heterocycles. The lowest BCUT2D eigenvalue weighted by atomic mass is 10.1. The second kappa shape index (κ2) is 7.05. The number of rotatable bonds is 6. The molecule has 2 rings (SSSR count).